The Labute approximate surface area is 155 Å². The number of nitrogens with one attached hydrogen (secondary N) is 2. The first kappa shape index (κ1) is 18.0. The highest BCUT2D eigenvalue weighted by atomic mass is 32.1. The lowest BCUT2D eigenvalue weighted by atomic mass is 10.1. The van der Waals surface area contributed by atoms with Gasteiger partial charge in [0.25, 0.3) is 0 Å². The zero-order valence-corrected chi connectivity index (χ0v) is 15.1. The molecule has 3 rings (SSSR count). The van der Waals surface area contributed by atoms with Gasteiger partial charge in [-0.1, -0.05) is 48.0 Å². The number of aromatic amines is 1. The van der Waals surface area contributed by atoms with Crippen molar-refractivity contribution in [2.45, 2.75) is 19.9 Å². The molecule has 0 fully saturated rings. The minimum absolute atomic E-state index is 0.0514. The van der Waals surface area contributed by atoms with Crippen LogP contribution in [0.15, 0.2) is 48.5 Å². The van der Waals surface area contributed by atoms with E-state index in [-0.39, 0.29) is 18.3 Å². The number of H-pyrrole nitrogens is 1. The number of halogens is 1. The second-order valence-corrected chi connectivity index (χ2v) is 6.38. The normalized spacial score (nSPS) is 10.7. The summed E-state index contributed by atoms with van der Waals surface area (Å²) in [4.78, 5) is 12.3. The Balaban J connectivity index is 1.64. The minimum Gasteiger partial charge on any atom is -0.354 e. The van der Waals surface area contributed by atoms with E-state index in [2.05, 4.69) is 15.5 Å². The molecule has 134 valence electrons. The maximum Gasteiger partial charge on any atom is 0.240 e. The first-order valence-electron chi connectivity index (χ1n) is 8.27. The molecule has 1 amide bonds. The molecule has 5 nitrogen and oxygen atoms in total. The molecule has 2 N–H and O–H groups in total. The summed E-state index contributed by atoms with van der Waals surface area (Å²) in [5.41, 5.74) is 2.59. The van der Waals surface area contributed by atoms with Gasteiger partial charge in [-0.3, -0.25) is 14.5 Å². The first-order chi connectivity index (χ1) is 12.5. The molecule has 0 aliphatic carbocycles. The van der Waals surface area contributed by atoms with E-state index in [1.54, 1.807) is 22.8 Å². The van der Waals surface area contributed by atoms with Gasteiger partial charge in [-0.05, 0) is 37.2 Å². The highest BCUT2D eigenvalue weighted by molar-refractivity contribution is 7.71. The number of carbonyl (C=O) groups is 1. The predicted molar refractivity (Wildman–Crippen MR) is 101 cm³/mol. The van der Waals surface area contributed by atoms with Gasteiger partial charge in [0.05, 0.1) is 0 Å². The van der Waals surface area contributed by atoms with Crippen LogP contribution in [0.5, 0.6) is 0 Å². The first-order valence-corrected chi connectivity index (χ1v) is 8.68. The Kier molecular flexibility index (Phi) is 5.58. The molecule has 7 heteroatoms. The lowest BCUT2D eigenvalue weighted by Crippen LogP contribution is -2.29. The van der Waals surface area contributed by atoms with E-state index in [0.29, 0.717) is 29.1 Å². The van der Waals surface area contributed by atoms with Crippen molar-refractivity contribution in [1.29, 1.82) is 0 Å². The third-order valence-corrected chi connectivity index (χ3v) is 4.36. The molecular formula is C19H19FN4OS. The maximum atomic E-state index is 13.6. The van der Waals surface area contributed by atoms with E-state index in [9.17, 15) is 9.18 Å². The third kappa shape index (κ3) is 4.23. The standard InChI is InChI=1S/C19H19FN4OS/c1-13-6-8-15(9-7-13)18-22-23-19(26)24(18)12-17(25)21-11-10-14-4-2-3-5-16(14)20/h2-9H,10-12H2,1H3,(H,21,25)(H,23,26). The van der Waals surface area contributed by atoms with Gasteiger partial charge in [0.2, 0.25) is 5.91 Å². The van der Waals surface area contributed by atoms with Crippen molar-refractivity contribution >= 4 is 18.1 Å². The fourth-order valence-corrected chi connectivity index (χ4v) is 2.82. The summed E-state index contributed by atoms with van der Waals surface area (Å²) in [5.74, 6) is 0.145. The topological polar surface area (TPSA) is 62.7 Å². The number of hydrogen-bond acceptors (Lipinski definition) is 3. The van der Waals surface area contributed by atoms with Crippen molar-refractivity contribution in [1.82, 2.24) is 20.1 Å². The smallest absolute Gasteiger partial charge is 0.240 e. The quantitative estimate of drug-likeness (QED) is 0.654. The maximum absolute atomic E-state index is 13.6. The number of carbonyl (C=O) groups excluding carboxylic acids is 1. The van der Waals surface area contributed by atoms with Crippen molar-refractivity contribution in [3.05, 3.63) is 70.2 Å². The summed E-state index contributed by atoms with van der Waals surface area (Å²) < 4.78 is 15.6. The summed E-state index contributed by atoms with van der Waals surface area (Å²) in [5, 5.41) is 9.75. The second kappa shape index (κ2) is 8.05. The molecule has 0 aliphatic heterocycles. The zero-order valence-electron chi connectivity index (χ0n) is 14.3. The van der Waals surface area contributed by atoms with Crippen LogP contribution in [0.25, 0.3) is 11.4 Å². The van der Waals surface area contributed by atoms with Gasteiger partial charge in [-0.2, -0.15) is 5.10 Å². The Morgan fingerprint density at radius 1 is 1.23 bits per heavy atom. The van der Waals surface area contributed by atoms with E-state index >= 15 is 0 Å². The van der Waals surface area contributed by atoms with Gasteiger partial charge < -0.3 is 5.32 Å². The van der Waals surface area contributed by atoms with E-state index in [4.69, 9.17) is 12.2 Å². The van der Waals surface area contributed by atoms with Gasteiger partial charge in [0.15, 0.2) is 10.6 Å². The number of aromatic nitrogens is 3. The third-order valence-electron chi connectivity index (χ3n) is 4.04. The summed E-state index contributed by atoms with van der Waals surface area (Å²) in [6.45, 7) is 2.41. The molecule has 0 radical (unpaired) electrons. The van der Waals surface area contributed by atoms with Crippen molar-refractivity contribution < 1.29 is 9.18 Å². The molecule has 0 saturated carbocycles. The molecule has 0 aliphatic rings. The largest absolute Gasteiger partial charge is 0.354 e. The number of amides is 1. The number of aryl methyl sites for hydroxylation is 1. The molecule has 26 heavy (non-hydrogen) atoms. The van der Waals surface area contributed by atoms with E-state index < -0.39 is 0 Å². The highest BCUT2D eigenvalue weighted by Gasteiger charge is 2.12. The number of nitrogens with zero attached hydrogens (tertiary/aromatic N) is 2. The Morgan fingerprint density at radius 3 is 2.69 bits per heavy atom. The fraction of sp³-hybridized carbons (Fsp3) is 0.211. The minimum atomic E-state index is -0.263. The van der Waals surface area contributed by atoms with Crippen LogP contribution in [0.4, 0.5) is 4.39 Å². The van der Waals surface area contributed by atoms with Gasteiger partial charge in [0, 0.05) is 12.1 Å². The van der Waals surface area contributed by atoms with Crippen LogP contribution < -0.4 is 5.32 Å². The van der Waals surface area contributed by atoms with Crippen LogP contribution in [0.1, 0.15) is 11.1 Å². The zero-order chi connectivity index (χ0) is 18.5. The molecule has 0 spiro atoms. The second-order valence-electron chi connectivity index (χ2n) is 6.00. The lowest BCUT2D eigenvalue weighted by molar-refractivity contribution is -0.121. The van der Waals surface area contributed by atoms with Crippen LogP contribution >= 0.6 is 12.2 Å². The van der Waals surface area contributed by atoms with Crippen molar-refractivity contribution in [2.24, 2.45) is 0 Å². The van der Waals surface area contributed by atoms with Crippen LogP contribution in [0, 0.1) is 17.5 Å². The molecule has 1 heterocycles. The molecule has 0 atom stereocenters. The summed E-state index contributed by atoms with van der Waals surface area (Å²) in [7, 11) is 0. The predicted octanol–water partition coefficient (Wildman–Crippen LogP) is 3.41. The fourth-order valence-electron chi connectivity index (χ4n) is 2.62. The molecule has 3 aromatic rings. The van der Waals surface area contributed by atoms with Gasteiger partial charge in [0.1, 0.15) is 12.4 Å². The van der Waals surface area contributed by atoms with E-state index in [0.717, 1.165) is 11.1 Å². The lowest BCUT2D eigenvalue weighted by Gasteiger charge is -2.09. The number of rotatable bonds is 6. The summed E-state index contributed by atoms with van der Waals surface area (Å²) in [6, 6.07) is 14.4. The van der Waals surface area contributed by atoms with Crippen LogP contribution in [0.2, 0.25) is 0 Å². The summed E-state index contributed by atoms with van der Waals surface area (Å²) in [6.07, 6.45) is 0.431. The Bertz CT molecular complexity index is 962. The van der Waals surface area contributed by atoms with E-state index in [1.807, 2.05) is 31.2 Å². The molecule has 0 bridgehead atoms. The van der Waals surface area contributed by atoms with Gasteiger partial charge in [-0.15, -0.1) is 0 Å². The van der Waals surface area contributed by atoms with Gasteiger partial charge in [-0.25, -0.2) is 4.39 Å². The SMILES string of the molecule is Cc1ccc(-c2n[nH]c(=S)n2CC(=O)NCCc2ccccc2F)cc1. The van der Waals surface area contributed by atoms with E-state index in [1.165, 1.54) is 6.07 Å². The molecule has 2 aromatic carbocycles. The summed E-state index contributed by atoms with van der Waals surface area (Å²) >= 11 is 5.24. The average Bonchev–Trinajstić information content (AvgIpc) is 2.98. The number of benzene rings is 2. The van der Waals surface area contributed by atoms with Crippen LogP contribution in [0.3, 0.4) is 0 Å². The van der Waals surface area contributed by atoms with Crippen LogP contribution in [-0.4, -0.2) is 27.2 Å². The molecular weight excluding hydrogens is 351 g/mol. The Morgan fingerprint density at radius 2 is 1.96 bits per heavy atom. The van der Waals surface area contributed by atoms with Crippen molar-refractivity contribution in [3.63, 3.8) is 0 Å². The monoisotopic (exact) mass is 370 g/mol. The van der Waals surface area contributed by atoms with Crippen molar-refractivity contribution in [2.75, 3.05) is 6.54 Å². The molecule has 0 unspecified atom stereocenters. The van der Waals surface area contributed by atoms with Gasteiger partial charge >= 0.3 is 0 Å². The van der Waals surface area contributed by atoms with Crippen molar-refractivity contribution in [3.8, 4) is 11.4 Å². The number of hydrogen-bond donors (Lipinski definition) is 2. The molecule has 1 aromatic heterocycles. The average molecular weight is 370 g/mol. The molecule has 0 saturated heterocycles. The highest BCUT2D eigenvalue weighted by Crippen LogP contribution is 2.17. The Hall–Kier alpha value is -2.80. The van der Waals surface area contributed by atoms with Crippen LogP contribution in [-0.2, 0) is 17.8 Å².